The molecule has 1 aromatic carbocycles. The molecule has 2 N–H and O–H groups in total. The summed E-state index contributed by atoms with van der Waals surface area (Å²) in [6.07, 6.45) is 1.31. The molecule has 2 aliphatic rings. The first-order valence-electron chi connectivity index (χ1n) is 6.94. The lowest BCUT2D eigenvalue weighted by molar-refractivity contribution is -0.145. The van der Waals surface area contributed by atoms with Crippen molar-refractivity contribution in [3.63, 3.8) is 0 Å². The van der Waals surface area contributed by atoms with Crippen LogP contribution in [-0.2, 0) is 16.0 Å². The van der Waals surface area contributed by atoms with Gasteiger partial charge in [-0.1, -0.05) is 24.3 Å². The molecule has 2 heterocycles. The first-order valence-corrected chi connectivity index (χ1v) is 6.94. The van der Waals surface area contributed by atoms with Gasteiger partial charge in [0.1, 0.15) is 0 Å². The Labute approximate surface area is 113 Å². The van der Waals surface area contributed by atoms with Crippen molar-refractivity contribution >= 4 is 5.91 Å². The van der Waals surface area contributed by atoms with Crippen molar-refractivity contribution in [3.8, 4) is 0 Å². The lowest BCUT2D eigenvalue weighted by atomic mass is 9.96. The number of benzene rings is 1. The molecule has 0 radical (unpaired) electrons. The zero-order valence-electron chi connectivity index (χ0n) is 11.2. The fourth-order valence-electron chi connectivity index (χ4n) is 3.02. The first-order chi connectivity index (χ1) is 9.18. The molecule has 0 aromatic heterocycles. The van der Waals surface area contributed by atoms with Crippen LogP contribution in [0.4, 0.5) is 0 Å². The van der Waals surface area contributed by atoms with E-state index in [1.54, 1.807) is 0 Å². The van der Waals surface area contributed by atoms with Crippen molar-refractivity contribution in [2.45, 2.75) is 38.0 Å². The number of amides is 1. The van der Waals surface area contributed by atoms with Crippen molar-refractivity contribution in [2.75, 3.05) is 13.2 Å². The highest BCUT2D eigenvalue weighted by atomic mass is 16.5. The second-order valence-corrected chi connectivity index (χ2v) is 5.42. The summed E-state index contributed by atoms with van der Waals surface area (Å²) in [5, 5.41) is 0. The maximum Gasteiger partial charge on any atom is 0.256 e. The van der Waals surface area contributed by atoms with Crippen LogP contribution in [0, 0.1) is 0 Å². The van der Waals surface area contributed by atoms with Crippen molar-refractivity contribution in [1.29, 1.82) is 0 Å². The van der Waals surface area contributed by atoms with Gasteiger partial charge in [0.2, 0.25) is 0 Å². The third-order valence-electron chi connectivity index (χ3n) is 4.32. The van der Waals surface area contributed by atoms with Crippen LogP contribution in [0.15, 0.2) is 24.3 Å². The third kappa shape index (κ3) is 2.15. The maximum atomic E-state index is 12.7. The van der Waals surface area contributed by atoms with E-state index in [0.29, 0.717) is 6.61 Å². The molecule has 1 aromatic rings. The Hall–Kier alpha value is -1.39. The Morgan fingerprint density at radius 1 is 1.42 bits per heavy atom. The second kappa shape index (κ2) is 4.94. The van der Waals surface area contributed by atoms with Crippen molar-refractivity contribution in [1.82, 2.24) is 4.90 Å². The number of nitrogens with zero attached hydrogens (tertiary/aromatic N) is 1. The molecule has 102 valence electrons. The van der Waals surface area contributed by atoms with Crippen molar-refractivity contribution < 1.29 is 9.53 Å². The normalized spacial score (nSPS) is 30.2. The number of hydrogen-bond donors (Lipinski definition) is 1. The topological polar surface area (TPSA) is 55.6 Å². The molecule has 3 atom stereocenters. The first kappa shape index (κ1) is 12.6. The van der Waals surface area contributed by atoms with E-state index in [-0.39, 0.29) is 18.0 Å². The minimum absolute atomic E-state index is 0.0626. The standard InChI is InChI=1S/C15H20N2O2/c1-10-13(16)6-8-17(10)15(18)14-12-5-3-2-4-11(12)7-9-19-14/h2-5,10,13-14H,6-9,16H2,1H3. The fourth-order valence-corrected chi connectivity index (χ4v) is 3.02. The van der Waals surface area contributed by atoms with Crippen molar-refractivity contribution in [3.05, 3.63) is 35.4 Å². The van der Waals surface area contributed by atoms with E-state index in [2.05, 4.69) is 6.07 Å². The van der Waals surface area contributed by atoms with Gasteiger partial charge in [-0.05, 0) is 30.9 Å². The molecule has 0 aliphatic carbocycles. The van der Waals surface area contributed by atoms with Gasteiger partial charge in [-0.3, -0.25) is 4.79 Å². The average molecular weight is 260 g/mol. The van der Waals surface area contributed by atoms with Gasteiger partial charge in [-0.15, -0.1) is 0 Å². The number of carbonyl (C=O) groups excluding carboxylic acids is 1. The summed E-state index contributed by atoms with van der Waals surface area (Å²) in [4.78, 5) is 14.5. The summed E-state index contributed by atoms with van der Waals surface area (Å²) in [5.41, 5.74) is 8.24. The predicted molar refractivity (Wildman–Crippen MR) is 72.6 cm³/mol. The number of rotatable bonds is 1. The Morgan fingerprint density at radius 3 is 2.95 bits per heavy atom. The Kier molecular flexibility index (Phi) is 3.29. The zero-order valence-corrected chi connectivity index (χ0v) is 11.2. The Balaban J connectivity index is 1.86. The molecule has 2 aliphatic heterocycles. The van der Waals surface area contributed by atoms with Gasteiger partial charge in [0.05, 0.1) is 6.61 Å². The maximum absolute atomic E-state index is 12.7. The molecule has 3 unspecified atom stereocenters. The van der Waals surface area contributed by atoms with E-state index in [1.165, 1.54) is 5.56 Å². The molecule has 4 heteroatoms. The van der Waals surface area contributed by atoms with Crippen LogP contribution < -0.4 is 5.73 Å². The predicted octanol–water partition coefficient (Wildman–Crippen LogP) is 1.25. The molecule has 1 saturated heterocycles. The molecule has 19 heavy (non-hydrogen) atoms. The highest BCUT2D eigenvalue weighted by Gasteiger charge is 2.37. The molecule has 1 fully saturated rings. The van der Waals surface area contributed by atoms with Crippen LogP contribution >= 0.6 is 0 Å². The zero-order chi connectivity index (χ0) is 13.4. The molecular formula is C15H20N2O2. The van der Waals surface area contributed by atoms with Crippen LogP contribution in [-0.4, -0.2) is 36.0 Å². The van der Waals surface area contributed by atoms with Gasteiger partial charge in [-0.25, -0.2) is 0 Å². The minimum Gasteiger partial charge on any atom is -0.363 e. The second-order valence-electron chi connectivity index (χ2n) is 5.42. The number of fused-ring (bicyclic) bond motifs is 1. The third-order valence-corrected chi connectivity index (χ3v) is 4.32. The van der Waals surface area contributed by atoms with E-state index in [4.69, 9.17) is 10.5 Å². The SMILES string of the molecule is CC1C(N)CCN1C(=O)C1OCCc2ccccc21. The summed E-state index contributed by atoms with van der Waals surface area (Å²) >= 11 is 0. The van der Waals surface area contributed by atoms with Crippen LogP contribution in [0.1, 0.15) is 30.6 Å². The summed E-state index contributed by atoms with van der Waals surface area (Å²) in [7, 11) is 0. The number of hydrogen-bond acceptors (Lipinski definition) is 3. The van der Waals surface area contributed by atoms with Gasteiger partial charge < -0.3 is 15.4 Å². The molecule has 0 saturated carbocycles. The van der Waals surface area contributed by atoms with E-state index < -0.39 is 6.10 Å². The van der Waals surface area contributed by atoms with Gasteiger partial charge in [0.15, 0.2) is 6.10 Å². The van der Waals surface area contributed by atoms with Gasteiger partial charge in [0.25, 0.3) is 5.91 Å². The number of carbonyl (C=O) groups is 1. The number of nitrogens with two attached hydrogens (primary N) is 1. The van der Waals surface area contributed by atoms with Crippen LogP contribution in [0.5, 0.6) is 0 Å². The van der Waals surface area contributed by atoms with Gasteiger partial charge in [-0.2, -0.15) is 0 Å². The number of likely N-dealkylation sites (tertiary alicyclic amines) is 1. The smallest absolute Gasteiger partial charge is 0.256 e. The molecule has 0 bridgehead atoms. The summed E-state index contributed by atoms with van der Waals surface area (Å²) in [6.45, 7) is 3.37. The van der Waals surface area contributed by atoms with Crippen LogP contribution in [0.3, 0.4) is 0 Å². The number of ether oxygens (including phenoxy) is 1. The average Bonchev–Trinajstić information content (AvgIpc) is 2.78. The summed E-state index contributed by atoms with van der Waals surface area (Å²) in [6, 6.07) is 8.25. The van der Waals surface area contributed by atoms with E-state index in [1.807, 2.05) is 30.0 Å². The summed E-state index contributed by atoms with van der Waals surface area (Å²) in [5.74, 6) is 0.0626. The van der Waals surface area contributed by atoms with Crippen molar-refractivity contribution in [2.24, 2.45) is 5.73 Å². The van der Waals surface area contributed by atoms with E-state index in [9.17, 15) is 4.79 Å². The van der Waals surface area contributed by atoms with E-state index >= 15 is 0 Å². The molecule has 0 spiro atoms. The quantitative estimate of drug-likeness (QED) is 0.826. The minimum atomic E-state index is -0.447. The van der Waals surface area contributed by atoms with Crippen LogP contribution in [0.2, 0.25) is 0 Å². The molecule has 1 amide bonds. The monoisotopic (exact) mass is 260 g/mol. The fraction of sp³-hybridized carbons (Fsp3) is 0.533. The molecule has 4 nitrogen and oxygen atoms in total. The summed E-state index contributed by atoms with van der Waals surface area (Å²) < 4.78 is 5.73. The Morgan fingerprint density at radius 2 is 2.21 bits per heavy atom. The van der Waals surface area contributed by atoms with E-state index in [0.717, 1.165) is 24.9 Å². The Bertz CT molecular complexity index is 489. The molecular weight excluding hydrogens is 240 g/mol. The lowest BCUT2D eigenvalue weighted by Gasteiger charge is -2.31. The van der Waals surface area contributed by atoms with Crippen LogP contribution in [0.25, 0.3) is 0 Å². The highest BCUT2D eigenvalue weighted by molar-refractivity contribution is 5.83. The lowest BCUT2D eigenvalue weighted by Crippen LogP contribution is -2.43. The molecule has 3 rings (SSSR count). The van der Waals surface area contributed by atoms with Gasteiger partial charge >= 0.3 is 0 Å². The largest absolute Gasteiger partial charge is 0.363 e. The van der Waals surface area contributed by atoms with Gasteiger partial charge in [0, 0.05) is 18.6 Å². The highest BCUT2D eigenvalue weighted by Crippen LogP contribution is 2.30.